The molecule has 0 aliphatic carbocycles. The van der Waals surface area contributed by atoms with Crippen LogP contribution in [0, 0.1) is 0 Å². The highest BCUT2D eigenvalue weighted by Crippen LogP contribution is 2.22. The maximum Gasteiger partial charge on any atom is 0.0954 e. The van der Waals surface area contributed by atoms with Crippen LogP contribution in [0.4, 0.5) is 0 Å². The van der Waals surface area contributed by atoms with Gasteiger partial charge in [-0.05, 0) is 31.2 Å². The van der Waals surface area contributed by atoms with E-state index in [2.05, 4.69) is 40.3 Å². The zero-order valence-electron chi connectivity index (χ0n) is 11.3. The van der Waals surface area contributed by atoms with Gasteiger partial charge in [-0.3, -0.25) is 0 Å². The second-order valence-corrected chi connectivity index (χ2v) is 5.17. The molecule has 0 amide bonds. The van der Waals surface area contributed by atoms with Gasteiger partial charge in [0.25, 0.3) is 0 Å². The molecule has 102 valence electrons. The molecule has 3 nitrogen and oxygen atoms in total. The molecule has 0 saturated heterocycles. The zero-order chi connectivity index (χ0) is 13.4. The fourth-order valence-corrected chi connectivity index (χ4v) is 2.20. The van der Waals surface area contributed by atoms with Crippen molar-refractivity contribution >= 4 is 15.9 Å². The number of rotatable bonds is 8. The Morgan fingerprint density at radius 1 is 1.39 bits per heavy atom. The molecule has 4 heteroatoms. The topological polar surface area (TPSA) is 30.5 Å². The lowest BCUT2D eigenvalue weighted by atomic mass is 10.1. The van der Waals surface area contributed by atoms with Crippen molar-refractivity contribution in [3.05, 3.63) is 34.3 Å². The molecule has 1 aromatic rings. The molecule has 18 heavy (non-hydrogen) atoms. The van der Waals surface area contributed by atoms with Gasteiger partial charge >= 0.3 is 0 Å². The molecule has 0 saturated carbocycles. The minimum Gasteiger partial charge on any atom is -0.382 e. The van der Waals surface area contributed by atoms with Crippen LogP contribution in [0.1, 0.15) is 25.5 Å². The maximum absolute atomic E-state index is 6.03. The lowest BCUT2D eigenvalue weighted by molar-refractivity contribution is -0.0392. The lowest BCUT2D eigenvalue weighted by Crippen LogP contribution is -2.27. The fourth-order valence-electron chi connectivity index (χ4n) is 1.78. The van der Waals surface area contributed by atoms with Gasteiger partial charge in [0, 0.05) is 18.1 Å². The van der Waals surface area contributed by atoms with Crippen LogP contribution < -0.4 is 5.32 Å². The van der Waals surface area contributed by atoms with E-state index in [1.54, 1.807) is 7.11 Å². The number of nitrogens with one attached hydrogen (secondary N) is 1. The van der Waals surface area contributed by atoms with Crippen molar-refractivity contribution in [3.63, 3.8) is 0 Å². The molecule has 1 rings (SSSR count). The van der Waals surface area contributed by atoms with Gasteiger partial charge < -0.3 is 14.8 Å². The molecule has 0 spiro atoms. The van der Waals surface area contributed by atoms with Crippen molar-refractivity contribution in [3.8, 4) is 0 Å². The molecule has 0 aromatic heterocycles. The first-order valence-electron chi connectivity index (χ1n) is 6.28. The molecule has 0 radical (unpaired) electrons. The molecule has 0 fully saturated rings. The van der Waals surface area contributed by atoms with Gasteiger partial charge in [0.2, 0.25) is 0 Å². The van der Waals surface area contributed by atoms with Gasteiger partial charge in [-0.25, -0.2) is 0 Å². The van der Waals surface area contributed by atoms with Gasteiger partial charge in [-0.15, -0.1) is 0 Å². The zero-order valence-corrected chi connectivity index (χ0v) is 12.9. The molecule has 0 aliphatic rings. The molecular formula is C14H22BrNO2. The molecule has 0 aliphatic heterocycles. The van der Waals surface area contributed by atoms with Crippen LogP contribution in [0.15, 0.2) is 28.7 Å². The van der Waals surface area contributed by atoms with Gasteiger partial charge in [-0.1, -0.05) is 35.0 Å². The molecular weight excluding hydrogens is 294 g/mol. The van der Waals surface area contributed by atoms with Crippen LogP contribution in [0.5, 0.6) is 0 Å². The smallest absolute Gasteiger partial charge is 0.0954 e. The van der Waals surface area contributed by atoms with Gasteiger partial charge in [0.1, 0.15) is 0 Å². The second kappa shape index (κ2) is 8.64. The highest BCUT2D eigenvalue weighted by atomic mass is 79.9. The Morgan fingerprint density at radius 2 is 2.17 bits per heavy atom. The first kappa shape index (κ1) is 15.6. The number of methoxy groups -OCH3 is 1. The number of likely N-dealkylation sites (N-methyl/N-ethyl adjacent to an activating group) is 1. The molecule has 2 atom stereocenters. The van der Waals surface area contributed by atoms with Crippen molar-refractivity contribution in [1.29, 1.82) is 0 Å². The Labute approximate surface area is 118 Å². The van der Waals surface area contributed by atoms with Crippen LogP contribution >= 0.6 is 15.9 Å². The summed E-state index contributed by atoms with van der Waals surface area (Å²) < 4.78 is 12.2. The van der Waals surface area contributed by atoms with E-state index in [0.29, 0.717) is 6.61 Å². The van der Waals surface area contributed by atoms with E-state index in [1.165, 1.54) is 5.56 Å². The van der Waals surface area contributed by atoms with Crippen LogP contribution in [0.25, 0.3) is 0 Å². The number of hydrogen-bond donors (Lipinski definition) is 1. The quantitative estimate of drug-likeness (QED) is 0.799. The summed E-state index contributed by atoms with van der Waals surface area (Å²) in [7, 11) is 1.69. The molecule has 0 heterocycles. The van der Waals surface area contributed by atoms with Crippen molar-refractivity contribution in [2.24, 2.45) is 0 Å². The third-order valence-corrected chi connectivity index (χ3v) is 3.09. The van der Waals surface area contributed by atoms with Crippen LogP contribution in [0.2, 0.25) is 0 Å². The number of ether oxygens (including phenoxy) is 2. The summed E-state index contributed by atoms with van der Waals surface area (Å²) in [6.07, 6.45) is 0.130. The Bertz CT molecular complexity index is 346. The minimum absolute atomic E-state index is 0.0487. The van der Waals surface area contributed by atoms with Gasteiger partial charge in [0.15, 0.2) is 0 Å². The van der Waals surface area contributed by atoms with Crippen LogP contribution in [-0.2, 0) is 9.47 Å². The predicted octanol–water partition coefficient (Wildman–Crippen LogP) is 3.15. The van der Waals surface area contributed by atoms with E-state index >= 15 is 0 Å². The van der Waals surface area contributed by atoms with E-state index in [-0.39, 0.29) is 12.2 Å². The average molecular weight is 316 g/mol. The Balaban J connectivity index is 2.70. The molecule has 1 aromatic carbocycles. The number of hydrogen-bond acceptors (Lipinski definition) is 3. The number of benzene rings is 1. The maximum atomic E-state index is 6.03. The summed E-state index contributed by atoms with van der Waals surface area (Å²) in [6.45, 7) is 6.47. The summed E-state index contributed by atoms with van der Waals surface area (Å²) in [6, 6.07) is 8.24. The Morgan fingerprint density at radius 3 is 2.78 bits per heavy atom. The van der Waals surface area contributed by atoms with Crippen LogP contribution in [-0.4, -0.2) is 32.9 Å². The van der Waals surface area contributed by atoms with Gasteiger partial charge in [0.05, 0.1) is 18.8 Å². The van der Waals surface area contributed by atoms with Crippen molar-refractivity contribution in [2.75, 3.05) is 26.8 Å². The SMILES string of the molecule is CCNCC(OC(C)COC)c1cccc(Br)c1. The van der Waals surface area contributed by atoms with Crippen molar-refractivity contribution in [2.45, 2.75) is 26.1 Å². The first-order valence-corrected chi connectivity index (χ1v) is 7.07. The second-order valence-electron chi connectivity index (χ2n) is 4.25. The monoisotopic (exact) mass is 315 g/mol. The lowest BCUT2D eigenvalue weighted by Gasteiger charge is -2.23. The van der Waals surface area contributed by atoms with E-state index in [4.69, 9.17) is 9.47 Å². The van der Waals surface area contributed by atoms with E-state index in [1.807, 2.05) is 19.1 Å². The summed E-state index contributed by atoms with van der Waals surface area (Å²) in [5.41, 5.74) is 1.17. The molecule has 0 bridgehead atoms. The first-order chi connectivity index (χ1) is 8.67. The van der Waals surface area contributed by atoms with Crippen LogP contribution in [0.3, 0.4) is 0 Å². The fraction of sp³-hybridized carbons (Fsp3) is 0.571. The van der Waals surface area contributed by atoms with E-state index in [9.17, 15) is 0 Å². The third kappa shape index (κ3) is 5.48. The third-order valence-electron chi connectivity index (χ3n) is 2.60. The predicted molar refractivity (Wildman–Crippen MR) is 77.8 cm³/mol. The normalized spacial score (nSPS) is 14.4. The van der Waals surface area contributed by atoms with Crippen molar-refractivity contribution < 1.29 is 9.47 Å². The summed E-state index contributed by atoms with van der Waals surface area (Å²) in [5.74, 6) is 0. The average Bonchev–Trinajstić information content (AvgIpc) is 2.34. The standard InChI is InChI=1S/C14H22BrNO2/c1-4-16-9-14(18-11(2)10-17-3)12-6-5-7-13(15)8-12/h5-8,11,14,16H,4,9-10H2,1-3H3. The summed E-state index contributed by atoms with van der Waals surface area (Å²) >= 11 is 3.49. The van der Waals surface area contributed by atoms with Crippen molar-refractivity contribution in [1.82, 2.24) is 5.32 Å². The van der Waals surface area contributed by atoms with E-state index in [0.717, 1.165) is 17.6 Å². The highest BCUT2D eigenvalue weighted by Gasteiger charge is 2.15. The largest absolute Gasteiger partial charge is 0.382 e. The summed E-state index contributed by atoms with van der Waals surface area (Å²) in [4.78, 5) is 0. The minimum atomic E-state index is 0.0487. The van der Waals surface area contributed by atoms with Gasteiger partial charge in [-0.2, -0.15) is 0 Å². The highest BCUT2D eigenvalue weighted by molar-refractivity contribution is 9.10. The Kier molecular flexibility index (Phi) is 7.51. The Hall–Kier alpha value is -0.420. The molecule has 2 unspecified atom stereocenters. The van der Waals surface area contributed by atoms with E-state index < -0.39 is 0 Å². The summed E-state index contributed by atoms with van der Waals surface area (Å²) in [5, 5.41) is 3.33. The molecule has 1 N–H and O–H groups in total. The number of halogens is 1.